The van der Waals surface area contributed by atoms with Crippen LogP contribution in [0.25, 0.3) is 11.1 Å². The zero-order chi connectivity index (χ0) is 20.4. The number of carbonyl (C=O) groups is 2. The molecule has 0 spiro atoms. The minimum absolute atomic E-state index is 0.0577. The molecule has 1 heterocycles. The molecule has 0 bridgehead atoms. The summed E-state index contributed by atoms with van der Waals surface area (Å²) in [6.45, 7) is 1.87. The first-order chi connectivity index (χ1) is 13.4. The molecule has 6 heteroatoms. The number of halogens is 1. The van der Waals surface area contributed by atoms with Gasteiger partial charge in [0.2, 0.25) is 0 Å². The van der Waals surface area contributed by atoms with E-state index in [1.54, 1.807) is 60.1 Å². The number of hydrogen-bond donors (Lipinski definition) is 1. The van der Waals surface area contributed by atoms with Crippen LogP contribution >= 0.6 is 11.6 Å². The number of carbonyl (C=O) groups excluding carboxylic acids is 1. The average molecular weight is 393 g/mol. The van der Waals surface area contributed by atoms with Crippen LogP contribution in [0.3, 0.4) is 0 Å². The second-order valence-corrected chi connectivity index (χ2v) is 6.73. The van der Waals surface area contributed by atoms with E-state index in [1.165, 1.54) is 0 Å². The van der Waals surface area contributed by atoms with Crippen molar-refractivity contribution in [2.45, 2.75) is 13.3 Å². The minimum Gasteiger partial charge on any atom is -0.477 e. The van der Waals surface area contributed by atoms with Gasteiger partial charge in [0.1, 0.15) is 11.8 Å². The number of aromatic nitrogens is 1. The zero-order valence-electron chi connectivity index (χ0n) is 15.4. The molecule has 0 saturated heterocycles. The van der Waals surface area contributed by atoms with Gasteiger partial charge in [-0.15, -0.1) is 0 Å². The van der Waals surface area contributed by atoms with Gasteiger partial charge in [-0.25, -0.2) is 4.79 Å². The summed E-state index contributed by atoms with van der Waals surface area (Å²) in [5.74, 6) is -1.29. The number of nitriles is 1. The van der Waals surface area contributed by atoms with E-state index in [4.69, 9.17) is 11.6 Å². The Kier molecular flexibility index (Phi) is 5.34. The lowest BCUT2D eigenvalue weighted by molar-refractivity contribution is 0.0687. The molecule has 1 N–H and O–H groups in total. The Balaban J connectivity index is 2.09. The van der Waals surface area contributed by atoms with E-state index in [-0.39, 0.29) is 11.5 Å². The molecule has 3 aromatic rings. The SMILES string of the molecule is CCc1c(C#N)c(-c2ccc(C(=O)c3cccc(Cl)c3)cc2)c(C(=O)O)n1C. The summed E-state index contributed by atoms with van der Waals surface area (Å²) in [6, 6.07) is 15.4. The molecule has 0 unspecified atom stereocenters. The Morgan fingerprint density at radius 1 is 1.14 bits per heavy atom. The third-order valence-electron chi connectivity index (χ3n) is 4.69. The first-order valence-electron chi connectivity index (χ1n) is 8.64. The lowest BCUT2D eigenvalue weighted by atomic mass is 9.96. The number of hydrogen-bond acceptors (Lipinski definition) is 3. The normalized spacial score (nSPS) is 10.5. The minimum atomic E-state index is -1.10. The fourth-order valence-corrected chi connectivity index (χ4v) is 3.57. The molecule has 0 aliphatic carbocycles. The quantitative estimate of drug-likeness (QED) is 0.637. The molecular formula is C22H17ClN2O3. The third kappa shape index (κ3) is 3.30. The van der Waals surface area contributed by atoms with Crippen LogP contribution in [0.5, 0.6) is 0 Å². The molecule has 0 amide bonds. The van der Waals surface area contributed by atoms with Gasteiger partial charge in [0.05, 0.1) is 5.56 Å². The fraction of sp³-hybridized carbons (Fsp3) is 0.136. The van der Waals surface area contributed by atoms with Crippen LogP contribution in [0.1, 0.15) is 44.6 Å². The van der Waals surface area contributed by atoms with Gasteiger partial charge in [0, 0.05) is 34.5 Å². The summed E-state index contributed by atoms with van der Waals surface area (Å²) in [6.07, 6.45) is 0.533. The predicted octanol–water partition coefficient (Wildman–Crippen LogP) is 4.71. The van der Waals surface area contributed by atoms with E-state index >= 15 is 0 Å². The number of benzene rings is 2. The van der Waals surface area contributed by atoms with Crippen molar-refractivity contribution in [3.63, 3.8) is 0 Å². The number of rotatable bonds is 5. The lowest BCUT2D eigenvalue weighted by Gasteiger charge is -2.06. The van der Waals surface area contributed by atoms with Crippen molar-refractivity contribution in [1.29, 1.82) is 5.26 Å². The van der Waals surface area contributed by atoms with E-state index in [1.807, 2.05) is 6.92 Å². The highest BCUT2D eigenvalue weighted by Crippen LogP contribution is 2.33. The number of ketones is 1. The van der Waals surface area contributed by atoms with Gasteiger partial charge < -0.3 is 9.67 Å². The Labute approximate surface area is 167 Å². The molecule has 5 nitrogen and oxygen atoms in total. The average Bonchev–Trinajstić information content (AvgIpc) is 2.99. The van der Waals surface area contributed by atoms with E-state index in [2.05, 4.69) is 6.07 Å². The molecule has 3 rings (SSSR count). The molecule has 28 heavy (non-hydrogen) atoms. The van der Waals surface area contributed by atoms with Gasteiger partial charge in [-0.1, -0.05) is 54.9 Å². The summed E-state index contributed by atoms with van der Waals surface area (Å²) in [5.41, 5.74) is 2.93. The first-order valence-corrected chi connectivity index (χ1v) is 9.02. The van der Waals surface area contributed by atoms with Gasteiger partial charge >= 0.3 is 5.97 Å². The maximum absolute atomic E-state index is 12.6. The van der Waals surface area contributed by atoms with E-state index in [0.29, 0.717) is 45.0 Å². The summed E-state index contributed by atoms with van der Waals surface area (Å²) in [5, 5.41) is 19.7. The van der Waals surface area contributed by atoms with Crippen LogP contribution in [-0.4, -0.2) is 21.4 Å². The Hall–Kier alpha value is -3.36. The Morgan fingerprint density at radius 3 is 2.36 bits per heavy atom. The van der Waals surface area contributed by atoms with Crippen LogP contribution in [-0.2, 0) is 13.5 Å². The number of nitrogens with zero attached hydrogens (tertiary/aromatic N) is 2. The van der Waals surface area contributed by atoms with Crippen molar-refractivity contribution in [2.75, 3.05) is 0 Å². The van der Waals surface area contributed by atoms with Gasteiger partial charge in [-0.05, 0) is 24.1 Å². The van der Waals surface area contributed by atoms with Crippen molar-refractivity contribution >= 4 is 23.4 Å². The first kappa shape index (κ1) is 19.4. The maximum atomic E-state index is 12.6. The molecule has 0 radical (unpaired) electrons. The topological polar surface area (TPSA) is 83.1 Å². The van der Waals surface area contributed by atoms with Gasteiger partial charge in [0.15, 0.2) is 5.78 Å². The standard InChI is InChI=1S/C22H17ClN2O3/c1-3-18-17(12-24)19(20(22(27)28)25(18)2)13-7-9-14(10-8-13)21(26)15-5-4-6-16(23)11-15/h4-11H,3H2,1-2H3,(H,27,28). The summed E-state index contributed by atoms with van der Waals surface area (Å²) < 4.78 is 1.54. The molecule has 0 atom stereocenters. The van der Waals surface area contributed by atoms with E-state index in [0.717, 1.165) is 0 Å². The fourth-order valence-electron chi connectivity index (χ4n) is 3.38. The van der Waals surface area contributed by atoms with Crippen molar-refractivity contribution in [1.82, 2.24) is 4.57 Å². The van der Waals surface area contributed by atoms with Gasteiger partial charge in [-0.2, -0.15) is 5.26 Å². The van der Waals surface area contributed by atoms with Crippen LogP contribution in [0.4, 0.5) is 0 Å². The van der Waals surface area contributed by atoms with Crippen LogP contribution < -0.4 is 0 Å². The summed E-state index contributed by atoms with van der Waals surface area (Å²) >= 11 is 5.95. The van der Waals surface area contributed by atoms with Crippen molar-refractivity contribution in [2.24, 2.45) is 7.05 Å². The smallest absolute Gasteiger partial charge is 0.353 e. The van der Waals surface area contributed by atoms with Crippen LogP contribution in [0.15, 0.2) is 48.5 Å². The van der Waals surface area contributed by atoms with E-state index in [9.17, 15) is 20.0 Å². The van der Waals surface area contributed by atoms with E-state index < -0.39 is 5.97 Å². The second kappa shape index (κ2) is 7.71. The molecule has 0 aliphatic heterocycles. The van der Waals surface area contributed by atoms with Crippen molar-refractivity contribution in [3.8, 4) is 17.2 Å². The molecule has 0 aliphatic rings. The molecule has 140 valence electrons. The van der Waals surface area contributed by atoms with Crippen LogP contribution in [0.2, 0.25) is 5.02 Å². The van der Waals surface area contributed by atoms with Crippen molar-refractivity contribution < 1.29 is 14.7 Å². The molecule has 0 saturated carbocycles. The summed E-state index contributed by atoms with van der Waals surface area (Å²) in [4.78, 5) is 24.4. The molecule has 2 aromatic carbocycles. The monoisotopic (exact) mass is 392 g/mol. The molecule has 1 aromatic heterocycles. The van der Waals surface area contributed by atoms with Crippen LogP contribution in [0, 0.1) is 11.3 Å². The highest BCUT2D eigenvalue weighted by Gasteiger charge is 2.25. The summed E-state index contributed by atoms with van der Waals surface area (Å²) in [7, 11) is 1.64. The maximum Gasteiger partial charge on any atom is 0.353 e. The molecular weight excluding hydrogens is 376 g/mol. The van der Waals surface area contributed by atoms with Gasteiger partial charge in [0.25, 0.3) is 0 Å². The number of aromatic carboxylic acids is 1. The number of carboxylic acids is 1. The second-order valence-electron chi connectivity index (χ2n) is 6.29. The van der Waals surface area contributed by atoms with Crippen molar-refractivity contribution in [3.05, 3.63) is 81.6 Å². The third-order valence-corrected chi connectivity index (χ3v) is 4.92. The Bertz CT molecular complexity index is 1120. The Morgan fingerprint density at radius 2 is 1.82 bits per heavy atom. The highest BCUT2D eigenvalue weighted by molar-refractivity contribution is 6.31. The number of carboxylic acid groups (broad SMARTS) is 1. The molecule has 0 fully saturated rings. The largest absolute Gasteiger partial charge is 0.477 e. The lowest BCUT2D eigenvalue weighted by Crippen LogP contribution is -2.07. The zero-order valence-corrected chi connectivity index (χ0v) is 16.1. The predicted molar refractivity (Wildman–Crippen MR) is 107 cm³/mol. The highest BCUT2D eigenvalue weighted by atomic mass is 35.5. The van der Waals surface area contributed by atoms with Gasteiger partial charge in [-0.3, -0.25) is 4.79 Å².